The lowest BCUT2D eigenvalue weighted by Crippen LogP contribution is -2.54. The molecule has 1 atom stereocenters. The number of amides is 1. The Morgan fingerprint density at radius 2 is 1.50 bits per heavy atom. The molecule has 34 heavy (non-hydrogen) atoms. The molecule has 3 fully saturated rings. The highest BCUT2D eigenvalue weighted by Crippen LogP contribution is 2.32. The Morgan fingerprint density at radius 1 is 0.853 bits per heavy atom. The third-order valence-corrected chi connectivity index (χ3v) is 9.08. The zero-order valence-electron chi connectivity index (χ0n) is 19.3. The number of hydrogen-bond acceptors (Lipinski definition) is 4. The Labute approximate surface area is 199 Å². The predicted octanol–water partition coefficient (Wildman–Crippen LogP) is 3.19. The van der Waals surface area contributed by atoms with E-state index in [1.165, 1.54) is 10.4 Å². The van der Waals surface area contributed by atoms with E-state index in [1.54, 1.807) is 15.3 Å². The average molecular weight is 503 g/mol. The van der Waals surface area contributed by atoms with Crippen LogP contribution in [0.1, 0.15) is 44.1 Å². The number of carbonyl (C=O) groups is 1. The maximum Gasteiger partial charge on any atom is 0.416 e. The van der Waals surface area contributed by atoms with E-state index in [0.717, 1.165) is 37.8 Å². The maximum atomic E-state index is 13.2. The van der Waals surface area contributed by atoms with Crippen LogP contribution in [0.15, 0.2) is 24.3 Å². The van der Waals surface area contributed by atoms with Crippen LogP contribution in [0.3, 0.4) is 0 Å². The molecule has 7 nitrogen and oxygen atoms in total. The molecule has 1 amide bonds. The van der Waals surface area contributed by atoms with Crippen molar-refractivity contribution in [3.05, 3.63) is 29.8 Å². The van der Waals surface area contributed by atoms with Gasteiger partial charge in [-0.2, -0.15) is 30.2 Å². The predicted molar refractivity (Wildman–Crippen MR) is 123 cm³/mol. The van der Waals surface area contributed by atoms with E-state index in [1.807, 2.05) is 4.90 Å². The molecule has 0 saturated carbocycles. The SMILES string of the molecule is O=C([C@@H]1CCCN(S(=O)(=O)N2CCCCCC2)C1)N1CCN(c2cccc(C(F)(F)F)c2)CC1. The van der Waals surface area contributed by atoms with Crippen molar-refractivity contribution in [2.24, 2.45) is 5.92 Å². The lowest BCUT2D eigenvalue weighted by Gasteiger charge is -2.40. The fraction of sp³-hybridized carbons (Fsp3) is 0.696. The smallest absolute Gasteiger partial charge is 0.368 e. The standard InChI is InChI=1S/C23H33F3N4O3S/c24-23(25,26)20-8-5-9-21(17-20)27-13-15-28(16-14-27)22(31)19-7-6-12-30(18-19)34(32,33)29-10-3-1-2-4-11-29/h5,8-9,17,19H,1-4,6-7,10-16,18H2/t19-/m1/s1. The van der Waals surface area contributed by atoms with Gasteiger partial charge in [-0.25, -0.2) is 0 Å². The Hall–Kier alpha value is -1.85. The van der Waals surface area contributed by atoms with Gasteiger partial charge in [0.15, 0.2) is 0 Å². The van der Waals surface area contributed by atoms with Gasteiger partial charge >= 0.3 is 6.18 Å². The molecule has 0 aliphatic carbocycles. The summed E-state index contributed by atoms with van der Waals surface area (Å²) >= 11 is 0. The minimum atomic E-state index is -4.39. The number of hydrogen-bond donors (Lipinski definition) is 0. The Kier molecular flexibility index (Phi) is 7.73. The van der Waals surface area contributed by atoms with E-state index in [-0.39, 0.29) is 18.4 Å². The first-order valence-corrected chi connectivity index (χ1v) is 13.5. The molecular formula is C23H33F3N4O3S. The van der Waals surface area contributed by atoms with Crippen molar-refractivity contribution in [1.29, 1.82) is 0 Å². The van der Waals surface area contributed by atoms with Gasteiger partial charge in [0.2, 0.25) is 5.91 Å². The first-order chi connectivity index (χ1) is 16.2. The zero-order valence-corrected chi connectivity index (χ0v) is 20.2. The van der Waals surface area contributed by atoms with Crippen molar-refractivity contribution >= 4 is 21.8 Å². The molecule has 0 spiro atoms. The summed E-state index contributed by atoms with van der Waals surface area (Å²) in [5.74, 6) is -0.435. The van der Waals surface area contributed by atoms with Gasteiger partial charge in [-0.05, 0) is 43.9 Å². The summed E-state index contributed by atoms with van der Waals surface area (Å²) in [6, 6.07) is 5.25. The molecule has 0 aromatic heterocycles. The number of benzene rings is 1. The molecule has 0 bridgehead atoms. The lowest BCUT2D eigenvalue weighted by molar-refractivity contribution is -0.137. The average Bonchev–Trinajstić information content (AvgIpc) is 3.14. The summed E-state index contributed by atoms with van der Waals surface area (Å²) < 4.78 is 68.5. The molecule has 4 rings (SSSR count). The Balaban J connectivity index is 1.35. The van der Waals surface area contributed by atoms with Gasteiger partial charge in [0, 0.05) is 58.0 Å². The number of piperazine rings is 1. The highest BCUT2D eigenvalue weighted by molar-refractivity contribution is 7.86. The maximum absolute atomic E-state index is 13.2. The van der Waals surface area contributed by atoms with Crippen LogP contribution in [-0.4, -0.2) is 80.2 Å². The van der Waals surface area contributed by atoms with Crippen LogP contribution < -0.4 is 4.90 Å². The summed E-state index contributed by atoms with van der Waals surface area (Å²) in [4.78, 5) is 16.8. The molecule has 3 aliphatic heterocycles. The fourth-order valence-electron chi connectivity index (χ4n) is 5.11. The molecule has 3 heterocycles. The largest absolute Gasteiger partial charge is 0.416 e. The quantitative estimate of drug-likeness (QED) is 0.635. The van der Waals surface area contributed by atoms with Gasteiger partial charge in [0.1, 0.15) is 0 Å². The number of piperidine rings is 1. The van der Waals surface area contributed by atoms with Crippen molar-refractivity contribution < 1.29 is 26.4 Å². The third-order valence-electron chi connectivity index (χ3n) is 7.08. The summed E-state index contributed by atoms with van der Waals surface area (Å²) in [6.07, 6.45) is 0.719. The van der Waals surface area contributed by atoms with Gasteiger partial charge in [0.05, 0.1) is 11.5 Å². The summed E-state index contributed by atoms with van der Waals surface area (Å²) in [6.45, 7) is 3.40. The number of halogens is 3. The van der Waals surface area contributed by atoms with E-state index in [0.29, 0.717) is 64.3 Å². The molecule has 190 valence electrons. The van der Waals surface area contributed by atoms with Crippen LogP contribution in [0, 0.1) is 5.92 Å². The van der Waals surface area contributed by atoms with Crippen LogP contribution in [0.25, 0.3) is 0 Å². The third kappa shape index (κ3) is 5.68. The monoisotopic (exact) mass is 502 g/mol. The molecule has 1 aromatic rings. The van der Waals surface area contributed by atoms with Gasteiger partial charge in [-0.15, -0.1) is 0 Å². The highest BCUT2D eigenvalue weighted by atomic mass is 32.2. The van der Waals surface area contributed by atoms with Crippen LogP contribution in [-0.2, 0) is 21.2 Å². The number of rotatable bonds is 4. The molecule has 0 radical (unpaired) electrons. The Bertz CT molecular complexity index is 956. The van der Waals surface area contributed by atoms with Gasteiger partial charge in [-0.1, -0.05) is 18.9 Å². The van der Waals surface area contributed by atoms with Crippen LogP contribution in [0.5, 0.6) is 0 Å². The van der Waals surface area contributed by atoms with Crippen molar-refractivity contribution in [3.63, 3.8) is 0 Å². The molecule has 11 heteroatoms. The first-order valence-electron chi connectivity index (χ1n) is 12.1. The topological polar surface area (TPSA) is 64.2 Å². The second-order valence-corrected chi connectivity index (χ2v) is 11.3. The number of carbonyl (C=O) groups excluding carboxylic acids is 1. The van der Waals surface area contributed by atoms with Crippen LogP contribution in [0.2, 0.25) is 0 Å². The summed E-state index contributed by atoms with van der Waals surface area (Å²) in [5, 5.41) is 0. The van der Waals surface area contributed by atoms with Crippen molar-refractivity contribution in [2.75, 3.05) is 57.3 Å². The van der Waals surface area contributed by atoms with Gasteiger partial charge < -0.3 is 9.80 Å². The van der Waals surface area contributed by atoms with Crippen molar-refractivity contribution in [3.8, 4) is 0 Å². The minimum absolute atomic E-state index is 0.0561. The van der Waals surface area contributed by atoms with Gasteiger partial charge in [0.25, 0.3) is 10.2 Å². The van der Waals surface area contributed by atoms with E-state index < -0.39 is 21.9 Å². The summed E-state index contributed by atoms with van der Waals surface area (Å²) in [7, 11) is -3.57. The molecular weight excluding hydrogens is 469 g/mol. The minimum Gasteiger partial charge on any atom is -0.368 e. The second-order valence-electron chi connectivity index (χ2n) is 9.38. The molecule has 3 saturated heterocycles. The second kappa shape index (κ2) is 10.4. The lowest BCUT2D eigenvalue weighted by atomic mass is 9.97. The van der Waals surface area contributed by atoms with E-state index in [4.69, 9.17) is 0 Å². The van der Waals surface area contributed by atoms with Crippen LogP contribution >= 0.6 is 0 Å². The number of anilines is 1. The molecule has 0 unspecified atom stereocenters. The van der Waals surface area contributed by atoms with Crippen molar-refractivity contribution in [2.45, 2.75) is 44.7 Å². The fourth-order valence-corrected chi connectivity index (χ4v) is 6.89. The highest BCUT2D eigenvalue weighted by Gasteiger charge is 2.38. The summed E-state index contributed by atoms with van der Waals surface area (Å²) in [5.41, 5.74) is -0.189. The molecule has 3 aliphatic rings. The Morgan fingerprint density at radius 3 is 2.15 bits per heavy atom. The van der Waals surface area contributed by atoms with Gasteiger partial charge in [-0.3, -0.25) is 4.79 Å². The normalized spacial score (nSPS) is 24.1. The van der Waals surface area contributed by atoms with Crippen molar-refractivity contribution in [1.82, 2.24) is 13.5 Å². The molecule has 1 aromatic carbocycles. The van der Waals surface area contributed by atoms with Crippen LogP contribution in [0.4, 0.5) is 18.9 Å². The first kappa shape index (κ1) is 25.2. The zero-order chi connectivity index (χ0) is 24.3. The van der Waals surface area contributed by atoms with E-state index >= 15 is 0 Å². The number of nitrogens with zero attached hydrogens (tertiary/aromatic N) is 4. The van der Waals surface area contributed by atoms with E-state index in [9.17, 15) is 26.4 Å². The molecule has 0 N–H and O–H groups in total. The number of alkyl halides is 3. The van der Waals surface area contributed by atoms with E-state index in [2.05, 4.69) is 0 Å².